The summed E-state index contributed by atoms with van der Waals surface area (Å²) in [5, 5.41) is 7.79. The third-order valence-corrected chi connectivity index (χ3v) is 5.27. The predicted octanol–water partition coefficient (Wildman–Crippen LogP) is 3.83. The fourth-order valence-electron chi connectivity index (χ4n) is 2.30. The molecule has 0 aliphatic carbocycles. The number of thioether (sulfide) groups is 2. The summed E-state index contributed by atoms with van der Waals surface area (Å²) in [6.07, 6.45) is 0. The van der Waals surface area contributed by atoms with Crippen molar-refractivity contribution in [2.45, 2.75) is 0 Å². The average Bonchev–Trinajstić information content (AvgIpc) is 2.83. The number of rotatable bonds is 11. The number of benzene rings is 2. The highest BCUT2D eigenvalue weighted by Gasteiger charge is 2.10. The van der Waals surface area contributed by atoms with Crippen LogP contribution in [0.25, 0.3) is 0 Å². The Morgan fingerprint density at radius 1 is 0.758 bits per heavy atom. The van der Waals surface area contributed by atoms with E-state index in [2.05, 4.69) is 4.74 Å². The Kier molecular flexibility index (Phi) is 11.5. The van der Waals surface area contributed by atoms with Gasteiger partial charge in [-0.15, -0.1) is 0 Å². The van der Waals surface area contributed by atoms with Gasteiger partial charge in [0.1, 0.15) is 18.1 Å². The Morgan fingerprint density at radius 2 is 1.21 bits per heavy atom. The zero-order chi connectivity index (χ0) is 24.1. The first-order chi connectivity index (χ1) is 15.9. The average molecular weight is 495 g/mol. The normalized spacial score (nSPS) is 10.4. The molecule has 176 valence electrons. The molecule has 0 aromatic heterocycles. The van der Waals surface area contributed by atoms with Crippen LogP contribution < -0.4 is 9.47 Å². The molecule has 0 saturated heterocycles. The second-order valence-corrected chi connectivity index (χ2v) is 8.20. The molecule has 0 spiro atoms. The van der Waals surface area contributed by atoms with Crippen molar-refractivity contribution in [3.05, 3.63) is 59.7 Å². The van der Waals surface area contributed by atoms with Crippen LogP contribution in [0.4, 0.5) is 9.59 Å². The quantitative estimate of drug-likeness (QED) is 0.278. The minimum atomic E-state index is -0.582. The number of aliphatic hydroxyl groups excluding tert-OH is 1. The maximum Gasteiger partial charge on any atom is 0.372 e. The summed E-state index contributed by atoms with van der Waals surface area (Å²) in [6.45, 7) is -0.00768. The Morgan fingerprint density at radius 3 is 1.64 bits per heavy atom. The molecule has 2 aromatic rings. The topological polar surface area (TPSA) is 125 Å². The molecule has 0 heterocycles. The molecule has 11 heteroatoms. The second-order valence-electron chi connectivity index (χ2n) is 6.14. The van der Waals surface area contributed by atoms with Crippen molar-refractivity contribution in [1.29, 1.82) is 0 Å². The van der Waals surface area contributed by atoms with Crippen LogP contribution in [0.2, 0.25) is 0 Å². The first-order valence-electron chi connectivity index (χ1n) is 9.62. The maximum atomic E-state index is 11.8. The summed E-state index contributed by atoms with van der Waals surface area (Å²) >= 11 is 1.87. The fraction of sp³-hybridized carbons (Fsp3) is 0.273. The van der Waals surface area contributed by atoms with Crippen molar-refractivity contribution in [1.82, 2.24) is 0 Å². The number of hydrogen-bond acceptors (Lipinski definition) is 11. The van der Waals surface area contributed by atoms with E-state index < -0.39 is 29.0 Å². The zero-order valence-electron chi connectivity index (χ0n) is 17.7. The smallest absolute Gasteiger partial charge is 0.372 e. The zero-order valence-corrected chi connectivity index (χ0v) is 19.3. The summed E-state index contributed by atoms with van der Waals surface area (Å²) < 4.78 is 20.2. The van der Waals surface area contributed by atoms with Gasteiger partial charge in [0, 0.05) is 17.1 Å². The number of Topliss-reactive ketones (excluding diaryl/α,β-unsaturated/α-hetero) is 1. The number of aliphatic hydroxyl groups is 1. The summed E-state index contributed by atoms with van der Waals surface area (Å²) in [5.74, 6) is 0.439. The maximum absolute atomic E-state index is 11.8. The van der Waals surface area contributed by atoms with Crippen molar-refractivity contribution < 1.29 is 43.2 Å². The lowest BCUT2D eigenvalue weighted by Gasteiger charge is -2.06. The predicted molar refractivity (Wildman–Crippen MR) is 123 cm³/mol. The lowest BCUT2D eigenvalue weighted by atomic mass is 10.1. The number of ketones is 1. The van der Waals surface area contributed by atoms with Gasteiger partial charge in [0.25, 0.3) is 0 Å². The van der Waals surface area contributed by atoms with Gasteiger partial charge in [0.15, 0.2) is 5.78 Å². The standard InChI is InChI=1S/C22H22O9S2/c1-28-20(25)16-4-8-18(9-5-16)31-22(27)33-13-11-29-10-12-32-21(26)30-17-6-2-15(3-7-17)19(24)14-23/h2-9,23H,10-14H2,1H3. The molecule has 1 N–H and O–H groups in total. The number of carbonyl (C=O) groups is 4. The van der Waals surface area contributed by atoms with E-state index in [9.17, 15) is 19.2 Å². The Bertz CT molecular complexity index is 866. The van der Waals surface area contributed by atoms with E-state index in [-0.39, 0.29) is 19.0 Å². The minimum Gasteiger partial charge on any atom is -0.465 e. The van der Waals surface area contributed by atoms with E-state index in [4.69, 9.17) is 19.3 Å². The number of ether oxygens (including phenoxy) is 4. The second kappa shape index (κ2) is 14.3. The molecule has 0 fully saturated rings. The van der Waals surface area contributed by atoms with Crippen LogP contribution in [-0.4, -0.2) is 65.9 Å². The minimum absolute atomic E-state index is 0.286. The van der Waals surface area contributed by atoms with Gasteiger partial charge in [-0.1, -0.05) is 0 Å². The van der Waals surface area contributed by atoms with Crippen molar-refractivity contribution in [3.63, 3.8) is 0 Å². The number of hydrogen-bond donors (Lipinski definition) is 1. The van der Waals surface area contributed by atoms with E-state index in [1.165, 1.54) is 55.6 Å². The molecule has 0 aliphatic heterocycles. The van der Waals surface area contributed by atoms with Crippen LogP contribution in [0, 0.1) is 0 Å². The molecule has 0 atom stereocenters. The Hall–Kier alpha value is -2.86. The summed E-state index contributed by atoms with van der Waals surface area (Å²) in [5.41, 5.74) is 0.684. The Balaban J connectivity index is 1.54. The van der Waals surface area contributed by atoms with E-state index in [1.807, 2.05) is 0 Å². The van der Waals surface area contributed by atoms with Crippen molar-refractivity contribution >= 4 is 45.9 Å². The van der Waals surface area contributed by atoms with E-state index in [0.717, 1.165) is 23.5 Å². The molecule has 0 bridgehead atoms. The molecule has 0 aliphatic rings. The van der Waals surface area contributed by atoms with Gasteiger partial charge in [-0.25, -0.2) is 14.4 Å². The summed E-state index contributed by atoms with van der Waals surface area (Å²) in [7, 11) is 1.28. The van der Waals surface area contributed by atoms with E-state index in [1.54, 1.807) is 0 Å². The number of carbonyl (C=O) groups excluding carboxylic acids is 4. The molecule has 9 nitrogen and oxygen atoms in total. The molecular formula is C22H22O9S2. The molecule has 33 heavy (non-hydrogen) atoms. The number of esters is 1. The van der Waals surface area contributed by atoms with E-state index in [0.29, 0.717) is 28.4 Å². The number of methoxy groups -OCH3 is 1. The van der Waals surface area contributed by atoms with Crippen LogP contribution >= 0.6 is 23.5 Å². The van der Waals surface area contributed by atoms with Gasteiger partial charge in [-0.2, -0.15) is 0 Å². The third-order valence-electron chi connectivity index (χ3n) is 3.89. The monoisotopic (exact) mass is 494 g/mol. The Labute approximate surface area is 198 Å². The fourth-order valence-corrected chi connectivity index (χ4v) is 3.34. The molecular weight excluding hydrogens is 472 g/mol. The van der Waals surface area contributed by atoms with E-state index >= 15 is 0 Å². The molecule has 2 aromatic carbocycles. The van der Waals surface area contributed by atoms with Crippen LogP contribution in [0.3, 0.4) is 0 Å². The molecule has 0 radical (unpaired) electrons. The van der Waals surface area contributed by atoms with Crippen molar-refractivity contribution in [2.75, 3.05) is 38.4 Å². The van der Waals surface area contributed by atoms with Crippen LogP contribution in [0.5, 0.6) is 11.5 Å². The van der Waals surface area contributed by atoms with Crippen molar-refractivity contribution in [3.8, 4) is 11.5 Å². The molecule has 0 saturated carbocycles. The first kappa shape index (κ1) is 26.4. The van der Waals surface area contributed by atoms with Gasteiger partial charge in [-0.05, 0) is 72.1 Å². The molecule has 2 rings (SSSR count). The molecule has 0 amide bonds. The SMILES string of the molecule is COC(=O)c1ccc(OC(=O)SCCOCCSC(=O)Oc2ccc(C(=O)CO)cc2)cc1. The lowest BCUT2D eigenvalue weighted by Crippen LogP contribution is -2.08. The third kappa shape index (κ3) is 9.66. The lowest BCUT2D eigenvalue weighted by molar-refractivity contribution is 0.0600. The van der Waals surface area contributed by atoms with Crippen LogP contribution in [0.15, 0.2) is 48.5 Å². The van der Waals surface area contributed by atoms with Gasteiger partial charge in [-0.3, -0.25) is 4.79 Å². The summed E-state index contributed by atoms with van der Waals surface area (Å²) in [4.78, 5) is 46.3. The first-order valence-corrected chi connectivity index (χ1v) is 11.6. The largest absolute Gasteiger partial charge is 0.465 e. The molecule has 0 unspecified atom stereocenters. The van der Waals surface area contributed by atoms with Gasteiger partial charge < -0.3 is 24.1 Å². The van der Waals surface area contributed by atoms with Crippen LogP contribution in [0.1, 0.15) is 20.7 Å². The van der Waals surface area contributed by atoms with Gasteiger partial charge in [0.2, 0.25) is 0 Å². The van der Waals surface area contributed by atoms with Crippen LogP contribution in [-0.2, 0) is 9.47 Å². The van der Waals surface area contributed by atoms with Gasteiger partial charge in [0.05, 0.1) is 25.9 Å². The highest BCUT2D eigenvalue weighted by atomic mass is 32.2. The van der Waals surface area contributed by atoms with Crippen molar-refractivity contribution in [2.24, 2.45) is 0 Å². The highest BCUT2D eigenvalue weighted by molar-refractivity contribution is 8.13. The van der Waals surface area contributed by atoms with Gasteiger partial charge >= 0.3 is 16.6 Å². The highest BCUT2D eigenvalue weighted by Crippen LogP contribution is 2.18. The summed E-state index contributed by atoms with van der Waals surface area (Å²) in [6, 6.07) is 11.9.